The van der Waals surface area contributed by atoms with Gasteiger partial charge in [0.1, 0.15) is 25.1 Å². The molecule has 0 spiro atoms. The number of fused-ring (bicyclic) bond motifs is 1. The lowest BCUT2D eigenvalue weighted by Crippen LogP contribution is -2.60. The lowest BCUT2D eigenvalue weighted by molar-refractivity contribution is -0.355. The van der Waals surface area contributed by atoms with Crippen molar-refractivity contribution in [1.82, 2.24) is 9.55 Å². The van der Waals surface area contributed by atoms with Crippen LogP contribution in [0.4, 0.5) is 5.82 Å². The molecule has 0 radical (unpaired) electrons. The van der Waals surface area contributed by atoms with E-state index in [0.717, 1.165) is 0 Å². The Bertz CT molecular complexity index is 1110. The second-order valence-electron chi connectivity index (χ2n) is 8.76. The number of ether oxygens (including phenoxy) is 9. The molecular formula is C22H29N3O13. The fourth-order valence-electron chi connectivity index (χ4n) is 4.19. The standard InChI is InChI=1S/C22H29N3O13/c1-10(26)30-7-13-17(33-11(2)27)18(34-12(3)28)19-20(35-13)38-22(4,37-19)32-9-16-31-8-15(36-16)25-6-5-14(23)24-21(25)29/h5-6,13,15-20H,7-9H2,1-4H3,(H2,23,24,29). The third-order valence-corrected chi connectivity index (χ3v) is 5.70. The van der Waals surface area contributed by atoms with Crippen molar-refractivity contribution in [3.63, 3.8) is 0 Å². The Balaban J connectivity index is 1.43. The van der Waals surface area contributed by atoms with Gasteiger partial charge in [-0.3, -0.25) is 23.7 Å². The Morgan fingerprint density at radius 1 is 1.08 bits per heavy atom. The van der Waals surface area contributed by atoms with E-state index >= 15 is 0 Å². The highest BCUT2D eigenvalue weighted by molar-refractivity contribution is 5.68. The molecule has 8 unspecified atom stereocenters. The second-order valence-corrected chi connectivity index (χ2v) is 8.76. The van der Waals surface area contributed by atoms with Crippen molar-refractivity contribution >= 4 is 23.7 Å². The number of nitrogen functional groups attached to an aromatic ring is 1. The first kappa shape index (κ1) is 27.9. The van der Waals surface area contributed by atoms with Gasteiger partial charge in [0, 0.05) is 33.9 Å². The van der Waals surface area contributed by atoms with Crippen LogP contribution in [0.3, 0.4) is 0 Å². The monoisotopic (exact) mass is 543 g/mol. The Morgan fingerprint density at radius 2 is 1.79 bits per heavy atom. The zero-order valence-electron chi connectivity index (χ0n) is 21.1. The van der Waals surface area contributed by atoms with Crippen molar-refractivity contribution in [1.29, 1.82) is 0 Å². The lowest BCUT2D eigenvalue weighted by atomic mass is 9.98. The van der Waals surface area contributed by atoms with Gasteiger partial charge in [0.05, 0.1) is 6.61 Å². The third-order valence-electron chi connectivity index (χ3n) is 5.70. The van der Waals surface area contributed by atoms with Gasteiger partial charge in [-0.25, -0.2) is 4.79 Å². The van der Waals surface area contributed by atoms with Gasteiger partial charge in [0.25, 0.3) is 5.97 Å². The number of rotatable bonds is 8. The number of aromatic nitrogens is 2. The van der Waals surface area contributed by atoms with Crippen LogP contribution in [0.5, 0.6) is 0 Å². The summed E-state index contributed by atoms with van der Waals surface area (Å²) in [6.07, 6.45) is -5.80. The van der Waals surface area contributed by atoms with Crippen LogP contribution in [0.1, 0.15) is 33.9 Å². The van der Waals surface area contributed by atoms with Gasteiger partial charge in [-0.2, -0.15) is 4.98 Å². The van der Waals surface area contributed by atoms with E-state index in [1.165, 1.54) is 44.5 Å². The topological polar surface area (TPSA) is 195 Å². The molecule has 4 rings (SSSR count). The average Bonchev–Trinajstić information content (AvgIpc) is 3.42. The predicted octanol–water partition coefficient (Wildman–Crippen LogP) is -1.05. The summed E-state index contributed by atoms with van der Waals surface area (Å²) >= 11 is 0. The van der Waals surface area contributed by atoms with Gasteiger partial charge in [-0.1, -0.05) is 0 Å². The first-order chi connectivity index (χ1) is 17.9. The predicted molar refractivity (Wildman–Crippen MR) is 119 cm³/mol. The first-order valence-electron chi connectivity index (χ1n) is 11.7. The summed E-state index contributed by atoms with van der Waals surface area (Å²) in [6.45, 7) is 4.54. The largest absolute Gasteiger partial charge is 0.463 e. The number of nitrogens with zero attached hydrogens (tertiary/aromatic N) is 2. The van der Waals surface area contributed by atoms with Gasteiger partial charge in [-0.05, 0) is 6.07 Å². The number of esters is 3. The van der Waals surface area contributed by atoms with E-state index in [0.29, 0.717) is 0 Å². The minimum absolute atomic E-state index is 0.0444. The fourth-order valence-corrected chi connectivity index (χ4v) is 4.19. The molecule has 1 aromatic heterocycles. The zero-order chi connectivity index (χ0) is 27.6. The Hall–Kier alpha value is -3.15. The molecule has 0 amide bonds. The number of nitrogens with two attached hydrogens (primary N) is 1. The van der Waals surface area contributed by atoms with Crippen LogP contribution < -0.4 is 11.4 Å². The molecule has 1 aromatic rings. The molecule has 16 heteroatoms. The SMILES string of the molecule is CC(=O)OCC1OC2OC(C)(OCC3OCC(n4ccc(N)nc4=O)O3)OC2C(OC(C)=O)C1OC(C)=O. The van der Waals surface area contributed by atoms with Crippen molar-refractivity contribution in [2.75, 3.05) is 25.6 Å². The Morgan fingerprint density at radius 3 is 2.45 bits per heavy atom. The molecule has 0 saturated carbocycles. The number of hydrogen-bond acceptors (Lipinski definition) is 15. The first-order valence-corrected chi connectivity index (χ1v) is 11.7. The van der Waals surface area contributed by atoms with Crippen LogP contribution in [-0.2, 0) is 57.0 Å². The molecule has 8 atom stereocenters. The van der Waals surface area contributed by atoms with Crippen LogP contribution in [-0.4, -0.2) is 90.2 Å². The van der Waals surface area contributed by atoms with Crippen LogP contribution in [0.25, 0.3) is 0 Å². The molecular weight excluding hydrogens is 514 g/mol. The zero-order valence-corrected chi connectivity index (χ0v) is 21.1. The highest BCUT2D eigenvalue weighted by atomic mass is 16.9. The van der Waals surface area contributed by atoms with E-state index in [2.05, 4.69) is 4.98 Å². The molecule has 3 aliphatic rings. The molecule has 0 aliphatic carbocycles. The van der Waals surface area contributed by atoms with Gasteiger partial charge < -0.3 is 43.6 Å². The molecule has 3 saturated heterocycles. The van der Waals surface area contributed by atoms with Crippen molar-refractivity contribution < 1.29 is 57.0 Å². The molecule has 2 N–H and O–H groups in total. The lowest BCUT2D eigenvalue weighted by Gasteiger charge is -2.40. The maximum Gasteiger partial charge on any atom is 0.351 e. The molecule has 3 fully saturated rings. The normalized spacial score (nSPS) is 34.4. The number of hydrogen-bond donors (Lipinski definition) is 1. The minimum Gasteiger partial charge on any atom is -0.463 e. The van der Waals surface area contributed by atoms with E-state index in [4.69, 9.17) is 48.4 Å². The summed E-state index contributed by atoms with van der Waals surface area (Å²) in [4.78, 5) is 50.7. The molecule has 16 nitrogen and oxygen atoms in total. The van der Waals surface area contributed by atoms with Crippen molar-refractivity contribution in [2.24, 2.45) is 0 Å². The number of carbonyl (C=O) groups excluding carboxylic acids is 3. The van der Waals surface area contributed by atoms with E-state index < -0.39 is 72.8 Å². The van der Waals surface area contributed by atoms with Gasteiger partial charge in [-0.15, -0.1) is 0 Å². The highest BCUT2D eigenvalue weighted by Crippen LogP contribution is 2.40. The summed E-state index contributed by atoms with van der Waals surface area (Å²) in [5.41, 5.74) is 4.91. The Labute approximate surface area is 216 Å². The molecule has 0 aromatic carbocycles. The van der Waals surface area contributed by atoms with E-state index in [-0.39, 0.29) is 25.6 Å². The summed E-state index contributed by atoms with van der Waals surface area (Å²) in [5, 5.41) is 0. The van der Waals surface area contributed by atoms with Crippen molar-refractivity contribution in [3.05, 3.63) is 22.7 Å². The summed E-state index contributed by atoms with van der Waals surface area (Å²) in [7, 11) is 0. The maximum atomic E-state index is 12.1. The number of anilines is 1. The quantitative estimate of drug-likeness (QED) is 0.308. The van der Waals surface area contributed by atoms with Crippen LogP contribution in [0, 0.1) is 0 Å². The fraction of sp³-hybridized carbons (Fsp3) is 0.682. The van der Waals surface area contributed by atoms with Crippen molar-refractivity contribution in [3.8, 4) is 0 Å². The van der Waals surface area contributed by atoms with Gasteiger partial charge in [0.15, 0.2) is 37.1 Å². The maximum absolute atomic E-state index is 12.1. The number of carbonyl (C=O) groups is 3. The van der Waals surface area contributed by atoms with Crippen LogP contribution in [0.2, 0.25) is 0 Å². The van der Waals surface area contributed by atoms with Crippen LogP contribution in [0.15, 0.2) is 17.1 Å². The molecule has 4 heterocycles. The van der Waals surface area contributed by atoms with E-state index in [9.17, 15) is 19.2 Å². The smallest absolute Gasteiger partial charge is 0.351 e. The van der Waals surface area contributed by atoms with E-state index in [1.807, 2.05) is 0 Å². The van der Waals surface area contributed by atoms with Gasteiger partial charge in [0.2, 0.25) is 0 Å². The molecule has 0 bridgehead atoms. The molecule has 3 aliphatic heterocycles. The van der Waals surface area contributed by atoms with Gasteiger partial charge >= 0.3 is 23.6 Å². The molecule has 38 heavy (non-hydrogen) atoms. The summed E-state index contributed by atoms with van der Waals surface area (Å²) < 4.78 is 51.7. The summed E-state index contributed by atoms with van der Waals surface area (Å²) in [6, 6.07) is 1.45. The minimum atomic E-state index is -1.73. The van der Waals surface area contributed by atoms with E-state index in [1.54, 1.807) is 0 Å². The highest BCUT2D eigenvalue weighted by Gasteiger charge is 2.59. The molecule has 210 valence electrons. The summed E-state index contributed by atoms with van der Waals surface area (Å²) in [5.74, 6) is -3.60. The average molecular weight is 543 g/mol. The van der Waals surface area contributed by atoms with Crippen LogP contribution >= 0.6 is 0 Å². The second kappa shape index (κ2) is 11.3. The third kappa shape index (κ3) is 6.46. The van der Waals surface area contributed by atoms with Crippen molar-refractivity contribution in [2.45, 2.75) is 76.9 Å². The Kier molecular flexibility index (Phi) is 8.29.